The Morgan fingerprint density at radius 1 is 1.04 bits per heavy atom. The molecule has 110 valence electrons. The van der Waals surface area contributed by atoms with Gasteiger partial charge in [0.05, 0.1) is 18.3 Å². The molecule has 5 heteroatoms. The number of hydrogen-bond acceptors (Lipinski definition) is 4. The summed E-state index contributed by atoms with van der Waals surface area (Å²) in [5.74, 6) is -0.447. The van der Waals surface area contributed by atoms with Crippen LogP contribution in [0.5, 0.6) is 5.75 Å². The van der Waals surface area contributed by atoms with Crippen LogP contribution < -0.4 is 39.4 Å². The second-order valence-electron chi connectivity index (χ2n) is 4.95. The van der Waals surface area contributed by atoms with Crippen LogP contribution in [0.25, 0.3) is 10.8 Å². The van der Waals surface area contributed by atoms with Gasteiger partial charge in [0.25, 0.3) is 0 Å². The molecular weight excluding hydrogens is 301 g/mol. The summed E-state index contributed by atoms with van der Waals surface area (Å²) < 4.78 is 5.74. The topological polar surface area (TPSA) is 62.2 Å². The molecule has 0 N–H and O–H groups in total. The summed E-state index contributed by atoms with van der Waals surface area (Å²) >= 11 is 0. The van der Waals surface area contributed by atoms with Gasteiger partial charge in [0.2, 0.25) is 0 Å². The standard InChI is InChI=1S/C18H15NO3.Na/c20-18(21)17-8-5-13(12-19-17)9-10-22-16-7-6-14-3-1-2-4-15(14)11-16;/h1-8,11-12H,9-10H2,(H,20,21);/q;+1/p-1. The number of benzene rings is 2. The van der Waals surface area contributed by atoms with E-state index in [1.807, 2.05) is 36.4 Å². The van der Waals surface area contributed by atoms with Gasteiger partial charge in [0, 0.05) is 12.6 Å². The molecule has 0 bridgehead atoms. The number of carbonyl (C=O) groups is 1. The van der Waals surface area contributed by atoms with Crippen molar-refractivity contribution in [3.63, 3.8) is 0 Å². The summed E-state index contributed by atoms with van der Waals surface area (Å²) in [5, 5.41) is 12.9. The number of aromatic carboxylic acids is 1. The van der Waals surface area contributed by atoms with Crippen LogP contribution in [0.2, 0.25) is 0 Å². The molecule has 0 radical (unpaired) electrons. The van der Waals surface area contributed by atoms with E-state index in [1.54, 1.807) is 6.07 Å². The molecule has 3 aromatic rings. The molecule has 23 heavy (non-hydrogen) atoms. The predicted molar refractivity (Wildman–Crippen MR) is 81.7 cm³/mol. The number of nitrogens with zero attached hydrogens (tertiary/aromatic N) is 1. The summed E-state index contributed by atoms with van der Waals surface area (Å²) in [6, 6.07) is 17.3. The van der Waals surface area contributed by atoms with Crippen LogP contribution in [-0.2, 0) is 6.42 Å². The maximum absolute atomic E-state index is 10.6. The van der Waals surface area contributed by atoms with Crippen molar-refractivity contribution >= 4 is 16.7 Å². The average molecular weight is 315 g/mol. The number of hydrogen-bond donors (Lipinski definition) is 0. The van der Waals surface area contributed by atoms with Gasteiger partial charge in [-0.2, -0.15) is 0 Å². The fourth-order valence-corrected chi connectivity index (χ4v) is 2.24. The largest absolute Gasteiger partial charge is 1.00 e. The summed E-state index contributed by atoms with van der Waals surface area (Å²) in [6.45, 7) is 0.505. The second kappa shape index (κ2) is 8.11. The zero-order valence-electron chi connectivity index (χ0n) is 12.9. The first-order chi connectivity index (χ1) is 10.7. The Morgan fingerprint density at radius 3 is 2.52 bits per heavy atom. The number of pyridine rings is 1. The second-order valence-corrected chi connectivity index (χ2v) is 4.95. The number of fused-ring (bicyclic) bond motifs is 1. The van der Waals surface area contributed by atoms with Gasteiger partial charge in [-0.25, -0.2) is 0 Å². The molecular formula is C18H14NNaO3. The zero-order valence-corrected chi connectivity index (χ0v) is 14.9. The van der Waals surface area contributed by atoms with Crippen molar-refractivity contribution in [3.8, 4) is 5.75 Å². The first kappa shape index (κ1) is 17.5. The van der Waals surface area contributed by atoms with Crippen LogP contribution in [-0.4, -0.2) is 17.6 Å². The number of carboxylic acids is 1. The van der Waals surface area contributed by atoms with Crippen LogP contribution in [0.3, 0.4) is 0 Å². The van der Waals surface area contributed by atoms with Crippen molar-refractivity contribution in [2.45, 2.75) is 6.42 Å². The summed E-state index contributed by atoms with van der Waals surface area (Å²) in [4.78, 5) is 14.4. The quantitative estimate of drug-likeness (QED) is 0.580. The molecule has 0 amide bonds. The minimum absolute atomic E-state index is 0. The van der Waals surface area contributed by atoms with Gasteiger partial charge in [0.1, 0.15) is 5.75 Å². The third kappa shape index (κ3) is 4.55. The molecule has 2 aromatic carbocycles. The third-order valence-electron chi connectivity index (χ3n) is 3.41. The maximum atomic E-state index is 10.6. The predicted octanol–water partition coefficient (Wildman–Crippen LogP) is -0.776. The molecule has 0 atom stereocenters. The summed E-state index contributed by atoms with van der Waals surface area (Å²) in [6.07, 6.45) is 2.20. The van der Waals surface area contributed by atoms with Crippen molar-refractivity contribution in [2.75, 3.05) is 6.61 Å². The van der Waals surface area contributed by atoms with Gasteiger partial charge in [-0.05, 0) is 34.5 Å². The van der Waals surface area contributed by atoms with E-state index in [2.05, 4.69) is 11.1 Å². The molecule has 0 unspecified atom stereocenters. The average Bonchev–Trinajstić information content (AvgIpc) is 2.55. The number of rotatable bonds is 5. The van der Waals surface area contributed by atoms with E-state index in [0.29, 0.717) is 13.0 Å². The molecule has 0 aliphatic carbocycles. The Bertz CT molecular complexity index is 803. The van der Waals surface area contributed by atoms with Crippen LogP contribution in [0.15, 0.2) is 60.8 Å². The Balaban J connectivity index is 0.00000192. The SMILES string of the molecule is O=C([O-])c1ccc(CCOc2ccc3ccccc3c2)cn1.[Na+]. The molecule has 0 saturated carbocycles. The van der Waals surface area contributed by atoms with Gasteiger partial charge in [0.15, 0.2) is 0 Å². The van der Waals surface area contributed by atoms with E-state index in [1.165, 1.54) is 17.6 Å². The first-order valence-electron chi connectivity index (χ1n) is 7.00. The molecule has 0 fully saturated rings. The number of carboxylic acid groups (broad SMARTS) is 1. The van der Waals surface area contributed by atoms with Gasteiger partial charge in [-0.3, -0.25) is 4.98 Å². The monoisotopic (exact) mass is 315 g/mol. The number of aromatic nitrogens is 1. The van der Waals surface area contributed by atoms with E-state index < -0.39 is 5.97 Å². The Labute approximate surface area is 156 Å². The first-order valence-corrected chi connectivity index (χ1v) is 7.00. The van der Waals surface area contributed by atoms with Crippen molar-refractivity contribution in [1.29, 1.82) is 0 Å². The van der Waals surface area contributed by atoms with E-state index in [9.17, 15) is 9.90 Å². The Hall–Kier alpha value is -1.88. The normalized spacial score (nSPS) is 10.1. The van der Waals surface area contributed by atoms with Crippen molar-refractivity contribution in [1.82, 2.24) is 4.98 Å². The van der Waals surface area contributed by atoms with E-state index in [-0.39, 0.29) is 35.3 Å². The molecule has 0 aliphatic heterocycles. The number of ether oxygens (including phenoxy) is 1. The summed E-state index contributed by atoms with van der Waals surface area (Å²) in [5.41, 5.74) is 0.866. The van der Waals surface area contributed by atoms with Gasteiger partial charge >= 0.3 is 29.6 Å². The molecule has 1 heterocycles. The van der Waals surface area contributed by atoms with Crippen molar-refractivity contribution in [3.05, 3.63) is 72.1 Å². The van der Waals surface area contributed by atoms with E-state index >= 15 is 0 Å². The maximum Gasteiger partial charge on any atom is 1.00 e. The van der Waals surface area contributed by atoms with Crippen LogP contribution >= 0.6 is 0 Å². The van der Waals surface area contributed by atoms with Gasteiger partial charge < -0.3 is 14.6 Å². The van der Waals surface area contributed by atoms with Gasteiger partial charge in [-0.15, -0.1) is 0 Å². The Kier molecular flexibility index (Phi) is 6.16. The van der Waals surface area contributed by atoms with Crippen LogP contribution in [0.1, 0.15) is 16.1 Å². The Morgan fingerprint density at radius 2 is 1.83 bits per heavy atom. The minimum Gasteiger partial charge on any atom is -0.543 e. The smallest absolute Gasteiger partial charge is 0.543 e. The molecule has 0 saturated heterocycles. The molecule has 4 nitrogen and oxygen atoms in total. The van der Waals surface area contributed by atoms with Gasteiger partial charge in [-0.1, -0.05) is 36.4 Å². The molecule has 1 aromatic heterocycles. The molecule has 0 aliphatic rings. The summed E-state index contributed by atoms with van der Waals surface area (Å²) in [7, 11) is 0. The zero-order chi connectivity index (χ0) is 15.4. The van der Waals surface area contributed by atoms with Crippen molar-refractivity contribution in [2.24, 2.45) is 0 Å². The molecule has 0 spiro atoms. The fraction of sp³-hybridized carbons (Fsp3) is 0.111. The minimum atomic E-state index is -1.26. The van der Waals surface area contributed by atoms with E-state index in [4.69, 9.17) is 4.74 Å². The third-order valence-corrected chi connectivity index (χ3v) is 3.41. The number of carbonyl (C=O) groups excluding carboxylic acids is 1. The van der Waals surface area contributed by atoms with Crippen molar-refractivity contribution < 1.29 is 44.2 Å². The molecule has 3 rings (SSSR count). The fourth-order valence-electron chi connectivity index (χ4n) is 2.24. The van der Waals surface area contributed by atoms with Crippen LogP contribution in [0, 0.1) is 0 Å². The van der Waals surface area contributed by atoms with E-state index in [0.717, 1.165) is 16.7 Å². The van der Waals surface area contributed by atoms with Crippen LogP contribution in [0.4, 0.5) is 0 Å².